The van der Waals surface area contributed by atoms with E-state index >= 15 is 0 Å². The molecular weight excluding hydrogens is 677 g/mol. The fourth-order valence-corrected chi connectivity index (χ4v) is 8.52. The molecule has 0 aliphatic rings. The number of aryl methyl sites for hydroxylation is 2. The maximum Gasteiger partial charge on any atom is 0.119 e. The highest BCUT2D eigenvalue weighted by Crippen LogP contribution is 2.42. The third kappa shape index (κ3) is 9.13. The minimum Gasteiger partial charge on any atom is -0.493 e. The van der Waals surface area contributed by atoms with Crippen LogP contribution in [0.4, 0.5) is 0 Å². The Morgan fingerprint density at radius 1 is 0.519 bits per heavy atom. The van der Waals surface area contributed by atoms with E-state index in [1.807, 2.05) is 0 Å². The molecule has 3 aromatic carbocycles. The van der Waals surface area contributed by atoms with Crippen LogP contribution in [0.2, 0.25) is 0 Å². The molecule has 2 atom stereocenters. The van der Waals surface area contributed by atoms with Crippen molar-refractivity contribution in [1.82, 2.24) is 9.97 Å². The number of fused-ring (bicyclic) bond motifs is 1. The molecule has 3 heterocycles. The predicted molar refractivity (Wildman–Crippen MR) is 224 cm³/mol. The fraction of sp³-hybridized carbons (Fsp3) is 0.391. The van der Waals surface area contributed by atoms with Crippen LogP contribution in [0.25, 0.3) is 54.4 Å². The molecule has 52 heavy (non-hydrogen) atoms. The Morgan fingerprint density at radius 3 is 1.25 bits per heavy atom. The topological polar surface area (TPSA) is 44.2 Å². The van der Waals surface area contributed by atoms with Gasteiger partial charge in [-0.3, -0.25) is 0 Å². The van der Waals surface area contributed by atoms with E-state index in [2.05, 4.69) is 126 Å². The minimum atomic E-state index is 0.578. The smallest absolute Gasteiger partial charge is 0.119 e. The molecule has 0 amide bonds. The normalized spacial score (nSPS) is 12.7. The number of thiophene rings is 2. The van der Waals surface area contributed by atoms with Crippen molar-refractivity contribution < 1.29 is 9.47 Å². The molecule has 6 heteroatoms. The Labute approximate surface area is 319 Å². The van der Waals surface area contributed by atoms with Crippen molar-refractivity contribution in [3.63, 3.8) is 0 Å². The van der Waals surface area contributed by atoms with Crippen LogP contribution in [0.15, 0.2) is 84.9 Å². The number of ether oxygens (including phenoxy) is 2. The van der Waals surface area contributed by atoms with Crippen LogP contribution < -0.4 is 9.47 Å². The van der Waals surface area contributed by atoms with E-state index in [9.17, 15) is 0 Å². The third-order valence-corrected chi connectivity index (χ3v) is 12.2. The minimum absolute atomic E-state index is 0.578. The van der Waals surface area contributed by atoms with E-state index in [1.54, 1.807) is 22.7 Å². The van der Waals surface area contributed by atoms with Crippen LogP contribution in [0, 0.1) is 25.7 Å². The van der Waals surface area contributed by atoms with E-state index in [1.165, 1.54) is 58.0 Å². The molecule has 0 N–H and O–H groups in total. The van der Waals surface area contributed by atoms with Crippen molar-refractivity contribution in [3.8, 4) is 54.9 Å². The maximum atomic E-state index is 6.31. The lowest BCUT2D eigenvalue weighted by atomic mass is 10.00. The number of unbranched alkanes of at least 4 members (excludes halogenated alkanes) is 2. The van der Waals surface area contributed by atoms with Crippen molar-refractivity contribution in [2.24, 2.45) is 11.8 Å². The Morgan fingerprint density at radius 2 is 0.923 bits per heavy atom. The second-order valence-corrected chi connectivity index (χ2v) is 16.7. The summed E-state index contributed by atoms with van der Waals surface area (Å²) in [7, 11) is 0. The fourth-order valence-electron chi connectivity index (χ4n) is 6.74. The Balaban J connectivity index is 1.43. The predicted octanol–water partition coefficient (Wildman–Crippen LogP) is 14.2. The summed E-state index contributed by atoms with van der Waals surface area (Å²) in [5, 5.41) is 0. The Kier molecular flexibility index (Phi) is 13.2. The molecule has 6 rings (SSSR count). The van der Waals surface area contributed by atoms with Gasteiger partial charge in [-0.1, -0.05) is 78.4 Å². The van der Waals surface area contributed by atoms with Crippen molar-refractivity contribution in [3.05, 3.63) is 94.7 Å². The summed E-state index contributed by atoms with van der Waals surface area (Å²) >= 11 is 3.60. The number of benzene rings is 3. The molecule has 6 aromatic rings. The summed E-state index contributed by atoms with van der Waals surface area (Å²) in [6.45, 7) is 14.8. The first-order valence-electron chi connectivity index (χ1n) is 19.3. The zero-order valence-corrected chi connectivity index (χ0v) is 33.5. The summed E-state index contributed by atoms with van der Waals surface area (Å²) in [6, 6.07) is 30.2. The quantitative estimate of drug-likeness (QED) is 0.0883. The van der Waals surface area contributed by atoms with E-state index in [0.29, 0.717) is 11.8 Å². The summed E-state index contributed by atoms with van der Waals surface area (Å²) in [5.74, 6) is 2.94. The molecule has 0 bridgehead atoms. The second-order valence-electron chi connectivity index (χ2n) is 14.1. The monoisotopic (exact) mass is 730 g/mol. The number of rotatable bonds is 18. The number of hydrogen-bond donors (Lipinski definition) is 0. The van der Waals surface area contributed by atoms with Gasteiger partial charge in [-0.25, -0.2) is 9.97 Å². The molecule has 0 saturated carbocycles. The van der Waals surface area contributed by atoms with Crippen LogP contribution in [-0.2, 0) is 0 Å². The lowest BCUT2D eigenvalue weighted by molar-refractivity contribution is 0.233. The SMILES string of the molecule is CCCCC(CC)COc1ccc(-c2nc3c(-c4ccc(C)s4)ccc(-c4ccc(C)s4)c3nc2-c2ccc(OCC(CC)CCCC)cc2)cc1. The molecule has 0 saturated heterocycles. The van der Waals surface area contributed by atoms with Gasteiger partial charge in [0.25, 0.3) is 0 Å². The van der Waals surface area contributed by atoms with Crippen molar-refractivity contribution in [2.75, 3.05) is 13.2 Å². The van der Waals surface area contributed by atoms with E-state index in [0.717, 1.165) is 82.2 Å². The maximum absolute atomic E-state index is 6.31. The largest absolute Gasteiger partial charge is 0.493 e. The van der Waals surface area contributed by atoms with Crippen LogP contribution in [0.5, 0.6) is 11.5 Å². The average molecular weight is 731 g/mol. The molecule has 3 aromatic heterocycles. The zero-order chi connectivity index (χ0) is 36.5. The molecule has 0 fully saturated rings. The van der Waals surface area contributed by atoms with E-state index in [4.69, 9.17) is 19.4 Å². The summed E-state index contributed by atoms with van der Waals surface area (Å²) in [6.07, 6.45) is 9.62. The molecule has 0 aliphatic heterocycles. The van der Waals surface area contributed by atoms with Crippen LogP contribution in [0.1, 0.15) is 88.8 Å². The van der Waals surface area contributed by atoms with E-state index < -0.39 is 0 Å². The highest BCUT2D eigenvalue weighted by molar-refractivity contribution is 7.16. The highest BCUT2D eigenvalue weighted by Gasteiger charge is 2.21. The second kappa shape index (κ2) is 18.2. The standard InChI is InChI=1S/C46H54N2O2S2/c1-7-11-13-33(9-3)29-49-37-21-17-35(18-22-37)43-44(36-19-23-38(24-20-36)50-30-34(10-4)14-12-8-2)48-46-40(42-28-16-32(6)52-42)26-25-39(45(46)47-43)41-27-15-31(5)51-41/h15-28,33-34H,7-14,29-30H2,1-6H3. The van der Waals surface area contributed by atoms with Gasteiger partial charge in [0, 0.05) is 41.8 Å². The van der Waals surface area contributed by atoms with Gasteiger partial charge < -0.3 is 9.47 Å². The lowest BCUT2D eigenvalue weighted by Gasteiger charge is -2.17. The van der Waals surface area contributed by atoms with Gasteiger partial charge in [0.2, 0.25) is 0 Å². The molecule has 0 aliphatic carbocycles. The van der Waals surface area contributed by atoms with Gasteiger partial charge in [0.15, 0.2) is 0 Å². The van der Waals surface area contributed by atoms with Crippen LogP contribution in [0.3, 0.4) is 0 Å². The summed E-state index contributed by atoms with van der Waals surface area (Å²) in [5.41, 5.74) is 7.82. The van der Waals surface area contributed by atoms with Crippen molar-refractivity contribution in [2.45, 2.75) is 92.9 Å². The van der Waals surface area contributed by atoms with Crippen LogP contribution in [-0.4, -0.2) is 23.2 Å². The van der Waals surface area contributed by atoms with Gasteiger partial charge in [-0.2, -0.15) is 0 Å². The Hall–Kier alpha value is -4.00. The van der Waals surface area contributed by atoms with Gasteiger partial charge in [0.05, 0.1) is 35.6 Å². The number of aromatic nitrogens is 2. The Bertz CT molecular complexity index is 1880. The van der Waals surface area contributed by atoms with Crippen molar-refractivity contribution >= 4 is 33.7 Å². The number of hydrogen-bond acceptors (Lipinski definition) is 6. The first kappa shape index (κ1) is 37.7. The summed E-state index contributed by atoms with van der Waals surface area (Å²) < 4.78 is 12.6. The molecule has 0 spiro atoms. The lowest BCUT2D eigenvalue weighted by Crippen LogP contribution is -2.11. The molecule has 272 valence electrons. The molecule has 0 radical (unpaired) electrons. The molecule has 4 nitrogen and oxygen atoms in total. The first-order valence-corrected chi connectivity index (χ1v) is 21.0. The average Bonchev–Trinajstić information content (AvgIpc) is 3.82. The summed E-state index contributed by atoms with van der Waals surface area (Å²) in [4.78, 5) is 16.1. The highest BCUT2D eigenvalue weighted by atomic mass is 32.1. The van der Waals surface area contributed by atoms with Crippen LogP contribution >= 0.6 is 22.7 Å². The number of nitrogens with zero attached hydrogens (tertiary/aromatic N) is 2. The molecule has 2 unspecified atom stereocenters. The van der Waals surface area contributed by atoms with Gasteiger partial charge in [-0.05, 0) is 111 Å². The van der Waals surface area contributed by atoms with Crippen molar-refractivity contribution in [1.29, 1.82) is 0 Å². The van der Waals surface area contributed by atoms with Gasteiger partial charge in [-0.15, -0.1) is 22.7 Å². The molecular formula is C46H54N2O2S2. The van der Waals surface area contributed by atoms with Gasteiger partial charge >= 0.3 is 0 Å². The van der Waals surface area contributed by atoms with Gasteiger partial charge in [0.1, 0.15) is 11.5 Å². The first-order chi connectivity index (χ1) is 25.4. The zero-order valence-electron chi connectivity index (χ0n) is 31.8. The third-order valence-electron chi connectivity index (χ3n) is 10.1. The van der Waals surface area contributed by atoms with E-state index in [-0.39, 0.29) is 0 Å².